The van der Waals surface area contributed by atoms with Gasteiger partial charge in [-0.2, -0.15) is 0 Å². The van der Waals surface area contributed by atoms with E-state index in [9.17, 15) is 4.79 Å². The van der Waals surface area contributed by atoms with Gasteiger partial charge in [0.2, 0.25) is 6.41 Å². The number of unbranched alkanes of at least 4 members (excludes halogenated alkanes) is 3. The van der Waals surface area contributed by atoms with Gasteiger partial charge in [0.15, 0.2) is 0 Å². The fraction of sp³-hybridized carbons (Fsp3) is 0.900. The Bertz CT molecular complexity index is 104. The summed E-state index contributed by atoms with van der Waals surface area (Å²) in [6.45, 7) is 4.32. The van der Waals surface area contributed by atoms with Crippen LogP contribution in [0.25, 0.3) is 0 Å². The van der Waals surface area contributed by atoms with Crippen molar-refractivity contribution in [3.63, 3.8) is 0 Å². The van der Waals surface area contributed by atoms with Crippen LogP contribution < -0.4 is 5.32 Å². The molecule has 0 heterocycles. The van der Waals surface area contributed by atoms with Gasteiger partial charge in [-0.05, 0) is 12.8 Å². The number of hydrogen-bond donors (Lipinski definition) is 1. The lowest BCUT2D eigenvalue weighted by molar-refractivity contribution is -0.110. The van der Waals surface area contributed by atoms with Crippen molar-refractivity contribution in [3.05, 3.63) is 0 Å². The van der Waals surface area contributed by atoms with E-state index in [-0.39, 0.29) is 0 Å². The number of nitrogens with one attached hydrogen (secondary N) is 1. The molecule has 1 atom stereocenters. The Morgan fingerprint density at radius 2 is 2.00 bits per heavy atom. The molecule has 0 aromatic carbocycles. The maximum absolute atomic E-state index is 10.2. The van der Waals surface area contributed by atoms with E-state index in [1.54, 1.807) is 0 Å². The van der Waals surface area contributed by atoms with Crippen molar-refractivity contribution in [2.45, 2.75) is 58.4 Å². The molecule has 12 heavy (non-hydrogen) atoms. The molecule has 0 saturated carbocycles. The highest BCUT2D eigenvalue weighted by Crippen LogP contribution is 2.06. The standard InChI is InChI=1S/C10H21NO/c1-3-5-6-7-8-10(4-2)11-9-12/h9-10H,3-8H2,1-2H3,(H,11,12)/t10-/m1/s1. The summed E-state index contributed by atoms with van der Waals surface area (Å²) < 4.78 is 0. The highest BCUT2D eigenvalue weighted by Gasteiger charge is 2.02. The maximum Gasteiger partial charge on any atom is 0.207 e. The van der Waals surface area contributed by atoms with Crippen molar-refractivity contribution in [2.24, 2.45) is 0 Å². The Morgan fingerprint density at radius 1 is 1.25 bits per heavy atom. The molecule has 1 N–H and O–H groups in total. The molecule has 2 heteroatoms. The largest absolute Gasteiger partial charge is 0.356 e. The molecule has 0 rings (SSSR count). The second kappa shape index (κ2) is 8.57. The minimum Gasteiger partial charge on any atom is -0.356 e. The first-order chi connectivity index (χ1) is 5.85. The Kier molecular flexibility index (Phi) is 8.19. The lowest BCUT2D eigenvalue weighted by Gasteiger charge is -2.12. The number of amides is 1. The van der Waals surface area contributed by atoms with Crippen LogP contribution >= 0.6 is 0 Å². The Labute approximate surface area is 75.7 Å². The Balaban J connectivity index is 3.25. The van der Waals surface area contributed by atoms with E-state index in [2.05, 4.69) is 19.2 Å². The zero-order chi connectivity index (χ0) is 9.23. The van der Waals surface area contributed by atoms with Crippen molar-refractivity contribution >= 4 is 6.41 Å². The van der Waals surface area contributed by atoms with Gasteiger partial charge in [-0.15, -0.1) is 0 Å². The molecule has 0 aromatic rings. The summed E-state index contributed by atoms with van der Waals surface area (Å²) in [7, 11) is 0. The molecule has 0 spiro atoms. The predicted octanol–water partition coefficient (Wildman–Crippen LogP) is 2.48. The Morgan fingerprint density at radius 3 is 2.50 bits per heavy atom. The molecular weight excluding hydrogens is 150 g/mol. The van der Waals surface area contributed by atoms with Crippen molar-refractivity contribution < 1.29 is 4.79 Å². The summed E-state index contributed by atoms with van der Waals surface area (Å²) in [4.78, 5) is 10.2. The van der Waals surface area contributed by atoms with Crippen molar-refractivity contribution in [3.8, 4) is 0 Å². The van der Waals surface area contributed by atoms with E-state index in [1.165, 1.54) is 25.7 Å². The molecule has 0 unspecified atom stereocenters. The first kappa shape index (κ1) is 11.5. The van der Waals surface area contributed by atoms with Crippen LogP contribution in [0.1, 0.15) is 52.4 Å². The highest BCUT2D eigenvalue weighted by atomic mass is 16.1. The number of rotatable bonds is 8. The second-order valence-electron chi connectivity index (χ2n) is 3.24. The molecule has 2 nitrogen and oxygen atoms in total. The summed E-state index contributed by atoms with van der Waals surface area (Å²) in [5.74, 6) is 0. The summed E-state index contributed by atoms with van der Waals surface area (Å²) in [6.07, 6.45) is 8.13. The fourth-order valence-corrected chi connectivity index (χ4v) is 1.32. The third-order valence-corrected chi connectivity index (χ3v) is 2.20. The third kappa shape index (κ3) is 6.20. The molecule has 0 fully saturated rings. The van der Waals surface area contributed by atoms with E-state index in [1.807, 2.05) is 0 Å². The minimum absolute atomic E-state index is 0.402. The van der Waals surface area contributed by atoms with Gasteiger partial charge in [0.25, 0.3) is 0 Å². The Hall–Kier alpha value is -0.530. The van der Waals surface area contributed by atoms with E-state index in [0.29, 0.717) is 6.04 Å². The summed E-state index contributed by atoms with van der Waals surface area (Å²) >= 11 is 0. The van der Waals surface area contributed by atoms with Crippen LogP contribution in [0, 0.1) is 0 Å². The zero-order valence-electron chi connectivity index (χ0n) is 8.31. The molecule has 0 radical (unpaired) electrons. The molecule has 0 aliphatic carbocycles. The summed E-state index contributed by atoms with van der Waals surface area (Å²) in [6, 6.07) is 0.402. The molecule has 0 saturated heterocycles. The average molecular weight is 171 g/mol. The van der Waals surface area contributed by atoms with E-state index >= 15 is 0 Å². The van der Waals surface area contributed by atoms with Gasteiger partial charge in [-0.25, -0.2) is 0 Å². The monoisotopic (exact) mass is 171 g/mol. The fourth-order valence-electron chi connectivity index (χ4n) is 1.32. The molecule has 0 aliphatic rings. The molecule has 0 aliphatic heterocycles. The van der Waals surface area contributed by atoms with Gasteiger partial charge in [0, 0.05) is 6.04 Å². The average Bonchev–Trinajstić information content (AvgIpc) is 2.10. The van der Waals surface area contributed by atoms with Crippen LogP contribution in [0.2, 0.25) is 0 Å². The SMILES string of the molecule is CCCCCC[C@@H](CC)NC=O. The predicted molar refractivity (Wildman–Crippen MR) is 52.0 cm³/mol. The lowest BCUT2D eigenvalue weighted by atomic mass is 10.1. The number of hydrogen-bond acceptors (Lipinski definition) is 1. The molecule has 1 amide bonds. The van der Waals surface area contributed by atoms with Gasteiger partial charge in [-0.3, -0.25) is 4.79 Å². The van der Waals surface area contributed by atoms with Gasteiger partial charge < -0.3 is 5.32 Å². The maximum atomic E-state index is 10.2. The van der Waals surface area contributed by atoms with Crippen molar-refractivity contribution in [2.75, 3.05) is 0 Å². The molecule has 0 aromatic heterocycles. The topological polar surface area (TPSA) is 29.1 Å². The summed E-state index contributed by atoms with van der Waals surface area (Å²) in [5.41, 5.74) is 0. The zero-order valence-corrected chi connectivity index (χ0v) is 8.31. The van der Waals surface area contributed by atoms with Gasteiger partial charge in [-0.1, -0.05) is 39.5 Å². The van der Waals surface area contributed by atoms with Crippen LogP contribution in [-0.4, -0.2) is 12.5 Å². The van der Waals surface area contributed by atoms with Crippen molar-refractivity contribution in [1.82, 2.24) is 5.32 Å². The first-order valence-corrected chi connectivity index (χ1v) is 5.04. The lowest BCUT2D eigenvalue weighted by Crippen LogP contribution is -2.26. The smallest absolute Gasteiger partial charge is 0.207 e. The molecule has 0 bridgehead atoms. The van der Waals surface area contributed by atoms with Gasteiger partial charge in [0.05, 0.1) is 0 Å². The van der Waals surface area contributed by atoms with Crippen molar-refractivity contribution in [1.29, 1.82) is 0 Å². The van der Waals surface area contributed by atoms with Gasteiger partial charge in [0.1, 0.15) is 0 Å². The minimum atomic E-state index is 0.402. The van der Waals surface area contributed by atoms with Crippen LogP contribution in [0.4, 0.5) is 0 Å². The molecular formula is C10H21NO. The van der Waals surface area contributed by atoms with Crippen LogP contribution in [0.3, 0.4) is 0 Å². The second-order valence-corrected chi connectivity index (χ2v) is 3.24. The van der Waals surface area contributed by atoms with Crippen LogP contribution in [0.15, 0.2) is 0 Å². The van der Waals surface area contributed by atoms with E-state index in [0.717, 1.165) is 19.3 Å². The van der Waals surface area contributed by atoms with Crippen LogP contribution in [-0.2, 0) is 4.79 Å². The summed E-state index contributed by atoms with van der Waals surface area (Å²) in [5, 5.41) is 2.83. The van der Waals surface area contributed by atoms with Gasteiger partial charge >= 0.3 is 0 Å². The van der Waals surface area contributed by atoms with Crippen LogP contribution in [0.5, 0.6) is 0 Å². The van der Waals surface area contributed by atoms with E-state index in [4.69, 9.17) is 0 Å². The molecule has 72 valence electrons. The normalized spacial score (nSPS) is 12.5. The third-order valence-electron chi connectivity index (χ3n) is 2.20. The highest BCUT2D eigenvalue weighted by molar-refractivity contribution is 5.46. The number of carbonyl (C=O) groups is 1. The first-order valence-electron chi connectivity index (χ1n) is 5.04. The van der Waals surface area contributed by atoms with E-state index < -0.39 is 0 Å². The number of carbonyl (C=O) groups excluding carboxylic acids is 1. The quantitative estimate of drug-likeness (QED) is 0.441.